The third kappa shape index (κ3) is 3.82. The summed E-state index contributed by atoms with van der Waals surface area (Å²) >= 11 is 0. The van der Waals surface area contributed by atoms with E-state index in [2.05, 4.69) is 20.9 Å². The molecule has 0 aliphatic carbocycles. The van der Waals surface area contributed by atoms with Crippen molar-refractivity contribution >= 4 is 0 Å². The fourth-order valence-corrected chi connectivity index (χ4v) is 3.15. The Hall–Kier alpha value is -1.06. The van der Waals surface area contributed by atoms with Crippen LogP contribution >= 0.6 is 0 Å². The molecule has 3 atom stereocenters. The lowest BCUT2D eigenvalue weighted by Crippen LogP contribution is -2.52. The monoisotopic (exact) mass is 311 g/mol. The maximum Gasteiger partial charge on any atom is 0.108 e. The maximum absolute atomic E-state index is 10.2. The van der Waals surface area contributed by atoms with Gasteiger partial charge in [-0.1, -0.05) is 5.21 Å². The van der Waals surface area contributed by atoms with E-state index >= 15 is 0 Å². The molecule has 0 amide bonds. The van der Waals surface area contributed by atoms with Crippen LogP contribution in [-0.2, 0) is 22.6 Å². The first kappa shape index (κ1) is 15.8. The Morgan fingerprint density at radius 2 is 2.32 bits per heavy atom. The van der Waals surface area contributed by atoms with Crippen molar-refractivity contribution in [3.05, 3.63) is 11.9 Å². The van der Waals surface area contributed by atoms with E-state index < -0.39 is 6.10 Å². The van der Waals surface area contributed by atoms with Crippen molar-refractivity contribution in [2.45, 2.75) is 50.3 Å². The van der Waals surface area contributed by atoms with E-state index in [4.69, 9.17) is 9.47 Å². The second kappa shape index (κ2) is 7.47. The molecule has 0 radical (unpaired) electrons. The minimum absolute atomic E-state index is 0.0572. The normalized spacial score (nSPS) is 30.0. The van der Waals surface area contributed by atoms with E-state index in [0.29, 0.717) is 25.8 Å². The van der Waals surface area contributed by atoms with Gasteiger partial charge in [-0.2, -0.15) is 0 Å². The number of aliphatic hydroxyl groups is 1. The van der Waals surface area contributed by atoms with Crippen molar-refractivity contribution in [1.82, 2.24) is 25.6 Å². The predicted molar refractivity (Wildman–Crippen MR) is 79.3 cm³/mol. The number of aliphatic hydroxyl groups excluding tert-OH is 1. The Bertz CT molecular complexity index is 463. The molecule has 2 aliphatic heterocycles. The van der Waals surface area contributed by atoms with Gasteiger partial charge in [0.2, 0.25) is 0 Å². The van der Waals surface area contributed by atoms with Crippen LogP contribution < -0.4 is 10.6 Å². The first-order valence-electron chi connectivity index (χ1n) is 7.90. The largest absolute Gasteiger partial charge is 0.389 e. The Balaban J connectivity index is 1.58. The number of ether oxygens (including phenoxy) is 2. The Labute approximate surface area is 130 Å². The van der Waals surface area contributed by atoms with Gasteiger partial charge in [0.25, 0.3) is 0 Å². The van der Waals surface area contributed by atoms with Crippen LogP contribution in [0.15, 0.2) is 6.20 Å². The molecular formula is C14H25N5O3. The lowest BCUT2D eigenvalue weighted by molar-refractivity contribution is 0.0730. The van der Waals surface area contributed by atoms with Crippen molar-refractivity contribution in [2.75, 3.05) is 26.8 Å². The summed E-state index contributed by atoms with van der Waals surface area (Å²) in [7, 11) is 1.63. The number of hydrogen-bond acceptors (Lipinski definition) is 7. The smallest absolute Gasteiger partial charge is 0.108 e. The molecule has 2 fully saturated rings. The Morgan fingerprint density at radius 1 is 1.50 bits per heavy atom. The lowest BCUT2D eigenvalue weighted by atomic mass is 10.0. The molecule has 8 nitrogen and oxygen atoms in total. The lowest BCUT2D eigenvalue weighted by Gasteiger charge is -2.30. The van der Waals surface area contributed by atoms with E-state index in [1.54, 1.807) is 11.8 Å². The molecule has 1 aromatic rings. The molecule has 2 aliphatic rings. The van der Waals surface area contributed by atoms with Crippen molar-refractivity contribution in [3.8, 4) is 0 Å². The van der Waals surface area contributed by atoms with E-state index in [1.165, 1.54) is 0 Å². The third-order valence-electron chi connectivity index (χ3n) is 4.31. The fraction of sp³-hybridized carbons (Fsp3) is 0.857. The fourth-order valence-electron chi connectivity index (χ4n) is 3.15. The van der Waals surface area contributed by atoms with Crippen molar-refractivity contribution in [3.63, 3.8) is 0 Å². The summed E-state index contributed by atoms with van der Waals surface area (Å²) in [6.45, 7) is 3.44. The van der Waals surface area contributed by atoms with Crippen LogP contribution in [0.1, 0.15) is 18.5 Å². The molecule has 8 heteroatoms. The summed E-state index contributed by atoms with van der Waals surface area (Å²) in [5, 5.41) is 25.2. The second-order valence-corrected chi connectivity index (χ2v) is 6.02. The molecule has 3 heterocycles. The Morgan fingerprint density at radius 3 is 3.09 bits per heavy atom. The molecule has 2 saturated heterocycles. The van der Waals surface area contributed by atoms with Gasteiger partial charge < -0.3 is 25.2 Å². The molecule has 0 unspecified atom stereocenters. The summed E-state index contributed by atoms with van der Waals surface area (Å²) in [4.78, 5) is 0. The van der Waals surface area contributed by atoms with Crippen LogP contribution in [0.3, 0.4) is 0 Å². The first-order valence-corrected chi connectivity index (χ1v) is 7.90. The molecule has 22 heavy (non-hydrogen) atoms. The van der Waals surface area contributed by atoms with Crippen LogP contribution in [0.2, 0.25) is 0 Å². The highest BCUT2D eigenvalue weighted by Crippen LogP contribution is 2.18. The number of aromatic nitrogens is 3. The van der Waals surface area contributed by atoms with Crippen LogP contribution in [0.25, 0.3) is 0 Å². The average Bonchev–Trinajstić information content (AvgIpc) is 3.10. The molecule has 0 saturated carbocycles. The second-order valence-electron chi connectivity index (χ2n) is 6.02. The predicted octanol–water partition coefficient (Wildman–Crippen LogP) is -1.11. The first-order chi connectivity index (χ1) is 10.8. The van der Waals surface area contributed by atoms with Crippen molar-refractivity contribution in [1.29, 1.82) is 0 Å². The Kier molecular flexibility index (Phi) is 5.37. The van der Waals surface area contributed by atoms with Gasteiger partial charge in [-0.05, 0) is 25.9 Å². The van der Waals surface area contributed by atoms with Gasteiger partial charge in [-0.3, -0.25) is 0 Å². The maximum atomic E-state index is 10.2. The van der Waals surface area contributed by atoms with Crippen molar-refractivity contribution in [2.24, 2.45) is 0 Å². The number of nitrogens with zero attached hydrogens (tertiary/aromatic N) is 3. The molecule has 0 aromatic carbocycles. The zero-order valence-corrected chi connectivity index (χ0v) is 12.9. The molecule has 0 bridgehead atoms. The summed E-state index contributed by atoms with van der Waals surface area (Å²) in [6.07, 6.45) is 3.46. The van der Waals surface area contributed by atoms with E-state index in [1.807, 2.05) is 6.20 Å². The molecule has 1 aromatic heterocycles. The highest BCUT2D eigenvalue weighted by molar-refractivity contribution is 4.95. The van der Waals surface area contributed by atoms with Gasteiger partial charge in [-0.25, -0.2) is 4.68 Å². The molecule has 3 N–H and O–H groups in total. The highest BCUT2D eigenvalue weighted by Gasteiger charge is 2.37. The quantitative estimate of drug-likeness (QED) is 0.613. The molecule has 124 valence electrons. The molecular weight excluding hydrogens is 286 g/mol. The molecule has 0 spiro atoms. The van der Waals surface area contributed by atoms with E-state index in [0.717, 1.165) is 31.6 Å². The van der Waals surface area contributed by atoms with Gasteiger partial charge in [0, 0.05) is 13.2 Å². The zero-order chi connectivity index (χ0) is 15.4. The van der Waals surface area contributed by atoms with Crippen molar-refractivity contribution < 1.29 is 14.6 Å². The zero-order valence-electron chi connectivity index (χ0n) is 12.9. The van der Waals surface area contributed by atoms with E-state index in [9.17, 15) is 5.11 Å². The number of nitrogens with one attached hydrogen (secondary N) is 2. The van der Waals surface area contributed by atoms with Gasteiger partial charge in [0.1, 0.15) is 5.69 Å². The minimum atomic E-state index is -0.471. The highest BCUT2D eigenvalue weighted by atomic mass is 16.5. The minimum Gasteiger partial charge on any atom is -0.389 e. The van der Waals surface area contributed by atoms with Crippen LogP contribution in [0, 0.1) is 0 Å². The third-order valence-corrected chi connectivity index (χ3v) is 4.31. The average molecular weight is 311 g/mol. The van der Waals surface area contributed by atoms with Crippen LogP contribution in [0.4, 0.5) is 0 Å². The topological polar surface area (TPSA) is 93.5 Å². The van der Waals surface area contributed by atoms with E-state index in [-0.39, 0.29) is 12.1 Å². The SMILES string of the molecule is COCc1cn(C[C@H]2OC[C@H](O)[C@H]2NC2CCNCC2)nn1. The molecule has 3 rings (SSSR count). The van der Waals surface area contributed by atoms with Crippen LogP contribution in [-0.4, -0.2) is 71.2 Å². The summed E-state index contributed by atoms with van der Waals surface area (Å²) < 4.78 is 12.5. The van der Waals surface area contributed by atoms with Crippen LogP contribution in [0.5, 0.6) is 0 Å². The number of methoxy groups -OCH3 is 1. The summed E-state index contributed by atoms with van der Waals surface area (Å²) in [6, 6.07) is 0.378. The number of rotatable bonds is 6. The standard InChI is InChI=1S/C14H25N5O3/c1-21-8-11-6-19(18-17-11)7-13-14(12(20)9-22-13)16-10-2-4-15-5-3-10/h6,10,12-16,20H,2-5,7-9H2,1H3/t12-,13+,14+/m0/s1. The van der Waals surface area contributed by atoms with Gasteiger partial charge in [0.15, 0.2) is 0 Å². The summed E-state index contributed by atoms with van der Waals surface area (Å²) in [5.41, 5.74) is 0.795. The van der Waals surface area contributed by atoms with Gasteiger partial charge >= 0.3 is 0 Å². The number of hydrogen-bond donors (Lipinski definition) is 3. The number of piperidine rings is 1. The van der Waals surface area contributed by atoms with Gasteiger partial charge in [0.05, 0.1) is 44.2 Å². The summed E-state index contributed by atoms with van der Waals surface area (Å²) in [5.74, 6) is 0. The van der Waals surface area contributed by atoms with Gasteiger partial charge in [-0.15, -0.1) is 5.10 Å².